The number of rotatable bonds is 20. The molecule has 0 saturated carbocycles. The Morgan fingerprint density at radius 1 is 0.640 bits per heavy atom. The topological polar surface area (TPSA) is 46.2 Å². The zero-order chi connectivity index (χ0) is 18.6. The van der Waals surface area contributed by atoms with Crippen molar-refractivity contribution in [1.82, 2.24) is 5.32 Å². The Morgan fingerprint density at radius 2 is 1.08 bits per heavy atom. The molecule has 0 radical (unpaired) electrons. The molecule has 0 atom stereocenters. The van der Waals surface area contributed by atoms with Crippen molar-refractivity contribution in [2.45, 2.75) is 96.8 Å². The minimum atomic E-state index is -2.95. The number of halogens is 1. The summed E-state index contributed by atoms with van der Waals surface area (Å²) >= 11 is 5.47. The molecular formula is C20H42ClNO2S. The number of hydrogen-bond donors (Lipinski definition) is 1. The van der Waals surface area contributed by atoms with Crippen molar-refractivity contribution < 1.29 is 8.42 Å². The molecule has 0 aliphatic heterocycles. The van der Waals surface area contributed by atoms with Crippen LogP contribution < -0.4 is 5.32 Å². The third-order valence-electron chi connectivity index (χ3n) is 4.69. The van der Waals surface area contributed by atoms with Gasteiger partial charge in [-0.1, -0.05) is 90.4 Å². The summed E-state index contributed by atoms with van der Waals surface area (Å²) in [5.41, 5.74) is 0. The first kappa shape index (κ1) is 25.2. The van der Waals surface area contributed by atoms with Crippen LogP contribution in [0, 0.1) is 0 Å². The molecule has 0 aliphatic carbocycles. The minimum Gasteiger partial charge on any atom is -0.316 e. The second kappa shape index (κ2) is 19.0. The lowest BCUT2D eigenvalue weighted by molar-refractivity contribution is 0.531. The summed E-state index contributed by atoms with van der Waals surface area (Å²) in [6.07, 6.45) is 19.1. The quantitative estimate of drug-likeness (QED) is 0.212. The van der Waals surface area contributed by atoms with Gasteiger partial charge < -0.3 is 5.32 Å². The molecule has 152 valence electrons. The van der Waals surface area contributed by atoms with Gasteiger partial charge in [0.25, 0.3) is 0 Å². The monoisotopic (exact) mass is 395 g/mol. The second-order valence-corrected chi connectivity index (χ2v) is 9.87. The van der Waals surface area contributed by atoms with Gasteiger partial charge in [0.1, 0.15) is 0 Å². The summed E-state index contributed by atoms with van der Waals surface area (Å²) in [7, 11) is -2.95. The Morgan fingerprint density at radius 3 is 1.52 bits per heavy atom. The Hall–Kier alpha value is 0.200. The van der Waals surface area contributed by atoms with Crippen LogP contribution in [0.1, 0.15) is 96.8 Å². The molecule has 0 aromatic carbocycles. The van der Waals surface area contributed by atoms with Gasteiger partial charge in [0.15, 0.2) is 9.84 Å². The summed E-state index contributed by atoms with van der Waals surface area (Å²) in [6.45, 7) is 3.75. The average Bonchev–Trinajstić information content (AvgIpc) is 2.57. The van der Waals surface area contributed by atoms with Crippen LogP contribution in [0.25, 0.3) is 0 Å². The van der Waals surface area contributed by atoms with Crippen LogP contribution in [0.5, 0.6) is 0 Å². The average molecular weight is 396 g/mol. The number of sulfone groups is 1. The van der Waals surface area contributed by atoms with E-state index in [9.17, 15) is 8.42 Å². The highest BCUT2D eigenvalue weighted by Gasteiger charge is 2.08. The van der Waals surface area contributed by atoms with Crippen LogP contribution in [0.15, 0.2) is 0 Å². The Labute approximate surface area is 162 Å². The standard InChI is InChI=1S/C20H42ClNO2S/c1-2-3-4-5-6-7-8-9-10-11-12-13-14-15-17-22-18-20-25(23,24)19-16-21/h22H,2-20H2,1H3. The van der Waals surface area contributed by atoms with Crippen LogP contribution in [-0.4, -0.2) is 38.9 Å². The van der Waals surface area contributed by atoms with Crippen molar-refractivity contribution in [1.29, 1.82) is 0 Å². The normalized spacial score (nSPS) is 11.9. The van der Waals surface area contributed by atoms with Crippen molar-refractivity contribution in [2.24, 2.45) is 0 Å². The molecule has 0 amide bonds. The molecule has 0 aromatic rings. The van der Waals surface area contributed by atoms with Crippen molar-refractivity contribution in [3.8, 4) is 0 Å². The molecule has 0 saturated heterocycles. The van der Waals surface area contributed by atoms with Crippen LogP contribution in [0.4, 0.5) is 0 Å². The lowest BCUT2D eigenvalue weighted by atomic mass is 10.0. The highest BCUT2D eigenvalue weighted by atomic mass is 35.5. The van der Waals surface area contributed by atoms with Gasteiger partial charge in [-0.15, -0.1) is 11.6 Å². The fourth-order valence-electron chi connectivity index (χ4n) is 3.02. The number of nitrogens with one attached hydrogen (secondary N) is 1. The van der Waals surface area contributed by atoms with Crippen molar-refractivity contribution in [3.05, 3.63) is 0 Å². The summed E-state index contributed by atoms with van der Waals surface area (Å²) < 4.78 is 22.9. The summed E-state index contributed by atoms with van der Waals surface area (Å²) in [5.74, 6) is 0.495. The summed E-state index contributed by atoms with van der Waals surface area (Å²) in [4.78, 5) is 0. The van der Waals surface area contributed by atoms with Gasteiger partial charge in [-0.25, -0.2) is 8.42 Å². The zero-order valence-electron chi connectivity index (χ0n) is 16.5. The molecule has 0 aromatic heterocycles. The van der Waals surface area contributed by atoms with Gasteiger partial charge in [-0.3, -0.25) is 0 Å². The lowest BCUT2D eigenvalue weighted by Crippen LogP contribution is -2.25. The molecule has 1 N–H and O–H groups in total. The maximum absolute atomic E-state index is 11.5. The number of hydrogen-bond acceptors (Lipinski definition) is 3. The lowest BCUT2D eigenvalue weighted by Gasteiger charge is -2.05. The highest BCUT2D eigenvalue weighted by Crippen LogP contribution is 2.12. The Kier molecular flexibility index (Phi) is 19.1. The van der Waals surface area contributed by atoms with Gasteiger partial charge >= 0.3 is 0 Å². The fraction of sp³-hybridized carbons (Fsp3) is 1.00. The van der Waals surface area contributed by atoms with E-state index < -0.39 is 9.84 Å². The van der Waals surface area contributed by atoms with Gasteiger partial charge in [-0.05, 0) is 13.0 Å². The van der Waals surface area contributed by atoms with Crippen LogP contribution >= 0.6 is 11.6 Å². The van der Waals surface area contributed by atoms with E-state index in [0.717, 1.165) is 13.0 Å². The molecular weight excluding hydrogens is 354 g/mol. The van der Waals surface area contributed by atoms with E-state index in [2.05, 4.69) is 12.2 Å². The molecule has 0 heterocycles. The van der Waals surface area contributed by atoms with E-state index in [1.165, 1.54) is 83.5 Å². The van der Waals surface area contributed by atoms with Gasteiger partial charge in [-0.2, -0.15) is 0 Å². The smallest absolute Gasteiger partial charge is 0.152 e. The molecule has 0 fully saturated rings. The third-order valence-corrected chi connectivity index (χ3v) is 6.75. The molecule has 0 aliphatic rings. The van der Waals surface area contributed by atoms with Gasteiger partial charge in [0.05, 0.1) is 11.5 Å². The number of alkyl halides is 1. The van der Waals surface area contributed by atoms with E-state index >= 15 is 0 Å². The van der Waals surface area contributed by atoms with E-state index in [1.807, 2.05) is 0 Å². The number of unbranched alkanes of at least 4 members (excludes halogenated alkanes) is 13. The third kappa shape index (κ3) is 20.4. The SMILES string of the molecule is CCCCCCCCCCCCCCCCNCCS(=O)(=O)CCCl. The minimum absolute atomic E-state index is 0.0924. The van der Waals surface area contributed by atoms with Crippen LogP contribution in [0.2, 0.25) is 0 Å². The second-order valence-electron chi connectivity index (χ2n) is 7.19. The predicted octanol–water partition coefficient (Wildman–Crippen LogP) is 5.71. The Balaban J connectivity index is 3.12. The van der Waals surface area contributed by atoms with E-state index in [-0.39, 0.29) is 17.4 Å². The van der Waals surface area contributed by atoms with E-state index in [1.54, 1.807) is 0 Å². The first-order valence-corrected chi connectivity index (χ1v) is 12.9. The summed E-state index contributed by atoms with van der Waals surface area (Å²) in [5, 5.41) is 3.22. The molecule has 0 spiro atoms. The van der Waals surface area contributed by atoms with Crippen molar-refractivity contribution >= 4 is 21.4 Å². The van der Waals surface area contributed by atoms with Gasteiger partial charge in [0.2, 0.25) is 0 Å². The predicted molar refractivity (Wildman–Crippen MR) is 113 cm³/mol. The zero-order valence-corrected chi connectivity index (χ0v) is 18.1. The van der Waals surface area contributed by atoms with Crippen molar-refractivity contribution in [2.75, 3.05) is 30.5 Å². The molecule has 0 bridgehead atoms. The van der Waals surface area contributed by atoms with E-state index in [0.29, 0.717) is 6.54 Å². The largest absolute Gasteiger partial charge is 0.316 e. The van der Waals surface area contributed by atoms with Gasteiger partial charge in [0, 0.05) is 12.4 Å². The van der Waals surface area contributed by atoms with Crippen molar-refractivity contribution in [3.63, 3.8) is 0 Å². The maximum Gasteiger partial charge on any atom is 0.152 e. The first-order valence-electron chi connectivity index (χ1n) is 10.6. The molecule has 25 heavy (non-hydrogen) atoms. The first-order chi connectivity index (χ1) is 12.1. The highest BCUT2D eigenvalue weighted by molar-refractivity contribution is 7.91. The summed E-state index contributed by atoms with van der Waals surface area (Å²) in [6, 6.07) is 0. The fourth-order valence-corrected chi connectivity index (χ4v) is 4.62. The Bertz CT molecular complexity index is 361. The van der Waals surface area contributed by atoms with E-state index in [4.69, 9.17) is 11.6 Å². The van der Waals surface area contributed by atoms with Crippen LogP contribution in [0.3, 0.4) is 0 Å². The maximum atomic E-state index is 11.5. The molecule has 3 nitrogen and oxygen atoms in total. The molecule has 0 rings (SSSR count). The van der Waals surface area contributed by atoms with Crippen LogP contribution in [-0.2, 0) is 9.84 Å². The molecule has 0 unspecified atom stereocenters. The molecule has 5 heteroatoms.